The number of hydrogen-bond donors (Lipinski definition) is 2. The zero-order valence-electron chi connectivity index (χ0n) is 8.62. The van der Waals surface area contributed by atoms with Gasteiger partial charge in [0, 0.05) is 10.0 Å². The summed E-state index contributed by atoms with van der Waals surface area (Å²) >= 11 is 8.15. The van der Waals surface area contributed by atoms with Gasteiger partial charge < -0.3 is 10.5 Å². The van der Waals surface area contributed by atoms with Crippen LogP contribution in [-0.4, -0.2) is 17.7 Å². The lowest BCUT2D eigenvalue weighted by Crippen LogP contribution is -2.14. The molecule has 1 aromatic carbocycles. The molecule has 16 heavy (non-hydrogen) atoms. The molecule has 0 aliphatic rings. The Morgan fingerprint density at radius 2 is 2.31 bits per heavy atom. The lowest BCUT2D eigenvalue weighted by atomic mass is 10.2. The van der Waals surface area contributed by atoms with E-state index in [0.29, 0.717) is 21.8 Å². The van der Waals surface area contributed by atoms with Crippen LogP contribution in [0.2, 0.25) is 0 Å². The van der Waals surface area contributed by atoms with Gasteiger partial charge in [0.15, 0.2) is 0 Å². The monoisotopic (exact) mass is 302 g/mol. The molecule has 1 rings (SSSR count). The molecule has 0 aliphatic heterocycles. The first-order valence-electron chi connectivity index (χ1n) is 4.57. The normalized spacial score (nSPS) is 9.62. The summed E-state index contributed by atoms with van der Waals surface area (Å²) < 4.78 is 5.46. The van der Waals surface area contributed by atoms with Crippen LogP contribution in [0.4, 0.5) is 10.5 Å². The Labute approximate surface area is 107 Å². The van der Waals surface area contributed by atoms with Crippen molar-refractivity contribution in [3.63, 3.8) is 0 Å². The second kappa shape index (κ2) is 5.81. The lowest BCUT2D eigenvalue weighted by Gasteiger charge is -2.08. The first-order valence-corrected chi connectivity index (χ1v) is 5.78. The van der Waals surface area contributed by atoms with E-state index in [2.05, 4.69) is 21.2 Å². The van der Waals surface area contributed by atoms with Gasteiger partial charge >= 0.3 is 6.09 Å². The topological polar surface area (TPSA) is 64.3 Å². The minimum atomic E-state index is -0.494. The number of carbonyl (C=O) groups is 1. The zero-order valence-corrected chi connectivity index (χ0v) is 11.0. The minimum Gasteiger partial charge on any atom is -0.450 e. The number of hydrogen-bond acceptors (Lipinski definition) is 3. The van der Waals surface area contributed by atoms with Crippen LogP contribution in [0.15, 0.2) is 22.7 Å². The SMILES string of the molecule is CCOC(=O)Nc1ccc(C(N)=S)cc1Br. The average molecular weight is 303 g/mol. The molecule has 0 fully saturated rings. The van der Waals surface area contributed by atoms with E-state index in [-0.39, 0.29) is 0 Å². The number of rotatable bonds is 3. The molecule has 0 spiro atoms. The van der Waals surface area contributed by atoms with E-state index in [1.807, 2.05) is 0 Å². The van der Waals surface area contributed by atoms with Crippen molar-refractivity contribution in [2.75, 3.05) is 11.9 Å². The van der Waals surface area contributed by atoms with Crippen LogP contribution in [0, 0.1) is 0 Å². The van der Waals surface area contributed by atoms with E-state index < -0.39 is 6.09 Å². The number of nitrogens with one attached hydrogen (secondary N) is 1. The molecular weight excluding hydrogens is 292 g/mol. The van der Waals surface area contributed by atoms with Crippen molar-refractivity contribution >= 4 is 44.9 Å². The quantitative estimate of drug-likeness (QED) is 0.843. The van der Waals surface area contributed by atoms with Crippen molar-refractivity contribution < 1.29 is 9.53 Å². The van der Waals surface area contributed by atoms with E-state index >= 15 is 0 Å². The van der Waals surface area contributed by atoms with Gasteiger partial charge in [-0.15, -0.1) is 0 Å². The largest absolute Gasteiger partial charge is 0.450 e. The number of nitrogens with two attached hydrogens (primary N) is 1. The summed E-state index contributed by atoms with van der Waals surface area (Å²) in [5.74, 6) is 0. The molecule has 4 nitrogen and oxygen atoms in total. The number of anilines is 1. The van der Waals surface area contributed by atoms with E-state index in [9.17, 15) is 4.79 Å². The van der Waals surface area contributed by atoms with Gasteiger partial charge in [0.1, 0.15) is 4.99 Å². The molecule has 0 aromatic heterocycles. The van der Waals surface area contributed by atoms with E-state index in [0.717, 1.165) is 5.56 Å². The number of thiocarbonyl (C=S) groups is 1. The molecule has 0 saturated heterocycles. The second-order valence-electron chi connectivity index (χ2n) is 2.90. The number of carbonyl (C=O) groups excluding carboxylic acids is 1. The van der Waals surface area contributed by atoms with Crippen LogP contribution >= 0.6 is 28.1 Å². The highest BCUT2D eigenvalue weighted by molar-refractivity contribution is 9.10. The molecule has 0 atom stereocenters. The standard InChI is InChI=1S/C10H11BrN2O2S/c1-2-15-10(14)13-8-4-3-6(9(12)16)5-7(8)11/h3-5H,2H2,1H3,(H2,12,16)(H,13,14). The maximum Gasteiger partial charge on any atom is 0.411 e. The number of benzene rings is 1. The molecule has 0 heterocycles. The fourth-order valence-electron chi connectivity index (χ4n) is 1.05. The summed E-state index contributed by atoms with van der Waals surface area (Å²) in [6.45, 7) is 2.07. The van der Waals surface area contributed by atoms with Crippen molar-refractivity contribution in [1.82, 2.24) is 0 Å². The van der Waals surface area contributed by atoms with E-state index in [1.54, 1.807) is 25.1 Å². The third-order valence-electron chi connectivity index (χ3n) is 1.77. The fraction of sp³-hybridized carbons (Fsp3) is 0.200. The first-order chi connectivity index (χ1) is 7.54. The Bertz CT molecular complexity index is 423. The van der Waals surface area contributed by atoms with Gasteiger partial charge in [0.2, 0.25) is 0 Å². The molecule has 86 valence electrons. The van der Waals surface area contributed by atoms with Crippen molar-refractivity contribution in [3.8, 4) is 0 Å². The first kappa shape index (κ1) is 12.9. The summed E-state index contributed by atoms with van der Waals surface area (Å²) in [5, 5.41) is 2.59. The number of ether oxygens (including phenoxy) is 1. The van der Waals surface area contributed by atoms with Crippen molar-refractivity contribution in [2.24, 2.45) is 5.73 Å². The summed E-state index contributed by atoms with van der Waals surface area (Å²) in [6.07, 6.45) is -0.494. The van der Waals surface area contributed by atoms with Crippen molar-refractivity contribution in [3.05, 3.63) is 28.2 Å². The molecule has 6 heteroatoms. The Balaban J connectivity index is 2.83. The van der Waals surface area contributed by atoms with Crippen LogP contribution < -0.4 is 11.1 Å². The van der Waals surface area contributed by atoms with Gasteiger partial charge in [-0.3, -0.25) is 5.32 Å². The van der Waals surface area contributed by atoms with Gasteiger partial charge in [-0.1, -0.05) is 12.2 Å². The Kier molecular flexibility index (Phi) is 4.70. The lowest BCUT2D eigenvalue weighted by molar-refractivity contribution is 0.168. The van der Waals surface area contributed by atoms with E-state index in [1.165, 1.54) is 0 Å². The maximum absolute atomic E-state index is 11.2. The van der Waals surface area contributed by atoms with Gasteiger partial charge in [-0.05, 0) is 41.1 Å². The van der Waals surface area contributed by atoms with Gasteiger partial charge in [-0.2, -0.15) is 0 Å². The summed E-state index contributed by atoms with van der Waals surface area (Å²) in [5.41, 5.74) is 6.82. The van der Waals surface area contributed by atoms with Crippen LogP contribution in [0.5, 0.6) is 0 Å². The molecule has 0 saturated carbocycles. The van der Waals surface area contributed by atoms with Crippen LogP contribution in [-0.2, 0) is 4.74 Å². The highest BCUT2D eigenvalue weighted by Crippen LogP contribution is 2.23. The Hall–Kier alpha value is -1.14. The molecule has 1 amide bonds. The molecule has 0 aliphatic carbocycles. The highest BCUT2D eigenvalue weighted by Gasteiger charge is 2.07. The average Bonchev–Trinajstić information content (AvgIpc) is 2.21. The maximum atomic E-state index is 11.2. The second-order valence-corrected chi connectivity index (χ2v) is 4.20. The molecule has 0 radical (unpaired) electrons. The molecular formula is C10H11BrN2O2S. The summed E-state index contributed by atoms with van der Waals surface area (Å²) in [6, 6.07) is 5.17. The third kappa shape index (κ3) is 3.46. The molecule has 0 bridgehead atoms. The number of amides is 1. The molecule has 1 aromatic rings. The highest BCUT2D eigenvalue weighted by atomic mass is 79.9. The van der Waals surface area contributed by atoms with Gasteiger partial charge in [-0.25, -0.2) is 4.79 Å². The number of halogens is 1. The summed E-state index contributed by atoms with van der Waals surface area (Å²) in [4.78, 5) is 11.5. The predicted octanol–water partition coefficient (Wildman–Crippen LogP) is 2.65. The fourth-order valence-corrected chi connectivity index (χ4v) is 1.65. The van der Waals surface area contributed by atoms with E-state index in [4.69, 9.17) is 22.7 Å². The minimum absolute atomic E-state index is 0.309. The van der Waals surface area contributed by atoms with Crippen LogP contribution in [0.3, 0.4) is 0 Å². The Morgan fingerprint density at radius 1 is 1.62 bits per heavy atom. The molecule has 3 N–H and O–H groups in total. The third-order valence-corrected chi connectivity index (χ3v) is 2.66. The zero-order chi connectivity index (χ0) is 12.1. The smallest absolute Gasteiger partial charge is 0.411 e. The van der Waals surface area contributed by atoms with Gasteiger partial charge in [0.05, 0.1) is 12.3 Å². The van der Waals surface area contributed by atoms with Crippen LogP contribution in [0.25, 0.3) is 0 Å². The predicted molar refractivity (Wildman–Crippen MR) is 70.7 cm³/mol. The Morgan fingerprint density at radius 3 is 2.81 bits per heavy atom. The van der Waals surface area contributed by atoms with Crippen LogP contribution in [0.1, 0.15) is 12.5 Å². The van der Waals surface area contributed by atoms with Gasteiger partial charge in [0.25, 0.3) is 0 Å². The van der Waals surface area contributed by atoms with Crippen molar-refractivity contribution in [2.45, 2.75) is 6.92 Å². The summed E-state index contributed by atoms with van der Waals surface area (Å²) in [7, 11) is 0. The molecule has 0 unspecified atom stereocenters. The van der Waals surface area contributed by atoms with Crippen molar-refractivity contribution in [1.29, 1.82) is 0 Å².